The van der Waals surface area contributed by atoms with E-state index < -0.39 is 0 Å². The first-order valence-corrected chi connectivity index (χ1v) is 8.22. The van der Waals surface area contributed by atoms with Gasteiger partial charge in [0.2, 0.25) is 11.9 Å². The van der Waals surface area contributed by atoms with Crippen molar-refractivity contribution in [3.05, 3.63) is 65.6 Å². The molecule has 0 saturated carbocycles. The number of rotatable bonds is 4. The third-order valence-electron chi connectivity index (χ3n) is 3.85. The van der Waals surface area contributed by atoms with Crippen molar-refractivity contribution in [3.63, 3.8) is 0 Å². The van der Waals surface area contributed by atoms with E-state index in [0.29, 0.717) is 27.8 Å². The zero-order chi connectivity index (χ0) is 18.1. The molecule has 26 heavy (non-hydrogen) atoms. The summed E-state index contributed by atoms with van der Waals surface area (Å²) in [5.74, 6) is 0.489. The van der Waals surface area contributed by atoms with E-state index in [2.05, 4.69) is 25.6 Å². The molecule has 0 spiro atoms. The van der Waals surface area contributed by atoms with Gasteiger partial charge in [-0.3, -0.25) is 4.57 Å². The van der Waals surface area contributed by atoms with Gasteiger partial charge in [-0.25, -0.2) is 14.4 Å². The number of nitrogens with one attached hydrogen (secondary N) is 2. The predicted molar refractivity (Wildman–Crippen MR) is 101 cm³/mol. The van der Waals surface area contributed by atoms with Gasteiger partial charge < -0.3 is 10.6 Å². The number of fused-ring (bicyclic) bond motifs is 1. The molecule has 0 fully saturated rings. The Balaban J connectivity index is 1.67. The molecule has 2 aromatic heterocycles. The molecule has 0 radical (unpaired) electrons. The first-order chi connectivity index (χ1) is 12.6. The fraction of sp³-hybridized carbons (Fsp3) is 0.0556. The molecule has 8 heteroatoms. The molecule has 2 heterocycles. The molecular formula is C18H14ClFN6. The van der Waals surface area contributed by atoms with Crippen molar-refractivity contribution in [2.75, 3.05) is 10.6 Å². The molecule has 0 aliphatic carbocycles. The molecule has 0 unspecified atom stereocenters. The topological polar surface area (TPSA) is 67.7 Å². The van der Waals surface area contributed by atoms with Crippen molar-refractivity contribution in [1.29, 1.82) is 0 Å². The van der Waals surface area contributed by atoms with Gasteiger partial charge in [-0.05, 0) is 24.3 Å². The highest BCUT2D eigenvalue weighted by Crippen LogP contribution is 2.26. The monoisotopic (exact) mass is 368 g/mol. The maximum atomic E-state index is 13.8. The fourth-order valence-corrected chi connectivity index (χ4v) is 2.70. The van der Waals surface area contributed by atoms with Gasteiger partial charge in [0.15, 0.2) is 5.65 Å². The quantitative estimate of drug-likeness (QED) is 0.549. The molecule has 6 nitrogen and oxygen atoms in total. The first-order valence-electron chi connectivity index (χ1n) is 7.84. The van der Waals surface area contributed by atoms with Crippen LogP contribution in [0.1, 0.15) is 0 Å². The average molecular weight is 369 g/mol. The molecule has 0 atom stereocenters. The van der Waals surface area contributed by atoms with Crippen molar-refractivity contribution >= 4 is 46.0 Å². The van der Waals surface area contributed by atoms with Gasteiger partial charge in [0.25, 0.3) is 0 Å². The van der Waals surface area contributed by atoms with E-state index in [1.165, 1.54) is 6.07 Å². The lowest BCUT2D eigenvalue weighted by molar-refractivity contribution is 0.631. The maximum Gasteiger partial charge on any atom is 0.229 e. The van der Waals surface area contributed by atoms with Crippen molar-refractivity contribution in [2.24, 2.45) is 7.05 Å². The number of hydrogen-bond acceptors (Lipinski definition) is 5. The lowest BCUT2D eigenvalue weighted by atomic mass is 10.3. The van der Waals surface area contributed by atoms with Gasteiger partial charge in [0.1, 0.15) is 11.3 Å². The van der Waals surface area contributed by atoms with Gasteiger partial charge in [-0.1, -0.05) is 35.9 Å². The summed E-state index contributed by atoms with van der Waals surface area (Å²) in [5.41, 5.74) is 2.27. The predicted octanol–water partition coefficient (Wildman–Crippen LogP) is 4.64. The van der Waals surface area contributed by atoms with Crippen LogP contribution >= 0.6 is 11.6 Å². The van der Waals surface area contributed by atoms with Crippen molar-refractivity contribution in [3.8, 4) is 0 Å². The van der Waals surface area contributed by atoms with E-state index in [4.69, 9.17) is 11.6 Å². The summed E-state index contributed by atoms with van der Waals surface area (Å²) in [5, 5.41) is 6.65. The van der Waals surface area contributed by atoms with E-state index in [0.717, 1.165) is 5.69 Å². The highest BCUT2D eigenvalue weighted by Gasteiger charge is 2.12. The Bertz CT molecular complexity index is 1090. The fourth-order valence-electron chi connectivity index (χ4n) is 2.52. The Morgan fingerprint density at radius 2 is 1.69 bits per heavy atom. The smallest absolute Gasteiger partial charge is 0.229 e. The summed E-state index contributed by atoms with van der Waals surface area (Å²) >= 11 is 6.18. The molecule has 2 aromatic carbocycles. The van der Waals surface area contributed by atoms with Crippen LogP contribution in [0.3, 0.4) is 0 Å². The summed E-state index contributed by atoms with van der Waals surface area (Å²) < 4.78 is 15.6. The molecule has 0 aliphatic heterocycles. The number of imidazole rings is 1. The van der Waals surface area contributed by atoms with Crippen LogP contribution < -0.4 is 10.6 Å². The Kier molecular flexibility index (Phi) is 4.14. The summed E-state index contributed by atoms with van der Waals surface area (Å²) in [6.07, 6.45) is 1.59. The standard InChI is InChI=1S/C18H14ClFN6/c1-26-16-15(24-18(26)23-13-8-4-2-6-11(13)19)10-21-17(25-16)22-14-9-5-3-7-12(14)20/h2-10H,1H3,(H,23,24)(H,21,22,25). The number of anilines is 4. The van der Waals surface area contributed by atoms with E-state index in [9.17, 15) is 4.39 Å². The van der Waals surface area contributed by atoms with Crippen LogP contribution in [0.2, 0.25) is 5.02 Å². The summed E-state index contributed by atoms with van der Waals surface area (Å²) in [4.78, 5) is 13.1. The Morgan fingerprint density at radius 3 is 2.46 bits per heavy atom. The van der Waals surface area contributed by atoms with E-state index in [1.54, 1.807) is 35.0 Å². The molecule has 0 amide bonds. The van der Waals surface area contributed by atoms with Crippen molar-refractivity contribution < 1.29 is 4.39 Å². The largest absolute Gasteiger partial charge is 0.324 e. The molecule has 2 N–H and O–H groups in total. The number of aromatic nitrogens is 4. The van der Waals surface area contributed by atoms with Gasteiger partial charge in [0, 0.05) is 7.05 Å². The number of para-hydroxylation sites is 2. The van der Waals surface area contributed by atoms with Crippen molar-refractivity contribution in [1.82, 2.24) is 19.5 Å². The van der Waals surface area contributed by atoms with Gasteiger partial charge in [-0.2, -0.15) is 4.98 Å². The summed E-state index contributed by atoms with van der Waals surface area (Å²) in [6.45, 7) is 0. The average Bonchev–Trinajstić information content (AvgIpc) is 2.95. The lowest BCUT2D eigenvalue weighted by Gasteiger charge is -2.08. The number of benzene rings is 2. The Labute approximate surface area is 153 Å². The third-order valence-corrected chi connectivity index (χ3v) is 4.18. The van der Waals surface area contributed by atoms with Crippen LogP contribution in [0, 0.1) is 5.82 Å². The molecule has 130 valence electrons. The minimum absolute atomic E-state index is 0.287. The molecule has 0 bridgehead atoms. The van der Waals surface area contributed by atoms with Crippen LogP contribution in [0.25, 0.3) is 11.2 Å². The highest BCUT2D eigenvalue weighted by atomic mass is 35.5. The molecule has 0 aliphatic rings. The third kappa shape index (κ3) is 3.04. The number of nitrogens with zero attached hydrogens (tertiary/aromatic N) is 4. The zero-order valence-electron chi connectivity index (χ0n) is 13.7. The van der Waals surface area contributed by atoms with Crippen LogP contribution in [-0.2, 0) is 7.05 Å². The second-order valence-electron chi connectivity index (χ2n) is 5.61. The van der Waals surface area contributed by atoms with Crippen molar-refractivity contribution in [2.45, 2.75) is 0 Å². The Hall–Kier alpha value is -3.19. The van der Waals surface area contributed by atoms with E-state index in [-0.39, 0.29) is 11.8 Å². The molecule has 0 saturated heterocycles. The molecule has 4 rings (SSSR count). The second-order valence-corrected chi connectivity index (χ2v) is 6.01. The molecule has 4 aromatic rings. The highest BCUT2D eigenvalue weighted by molar-refractivity contribution is 6.33. The van der Waals surface area contributed by atoms with E-state index >= 15 is 0 Å². The maximum absolute atomic E-state index is 13.8. The second kappa shape index (κ2) is 6.61. The summed E-state index contributed by atoms with van der Waals surface area (Å²) in [7, 11) is 1.83. The van der Waals surface area contributed by atoms with Gasteiger partial charge in [-0.15, -0.1) is 0 Å². The zero-order valence-corrected chi connectivity index (χ0v) is 14.5. The first kappa shape index (κ1) is 16.3. The SMILES string of the molecule is Cn1c(Nc2ccccc2Cl)nc2cnc(Nc3ccccc3F)nc21. The summed E-state index contributed by atoms with van der Waals surface area (Å²) in [6, 6.07) is 13.7. The van der Waals surface area contributed by atoms with Gasteiger partial charge >= 0.3 is 0 Å². The number of aryl methyl sites for hydroxylation is 1. The lowest BCUT2D eigenvalue weighted by Crippen LogP contribution is -2.02. The van der Waals surface area contributed by atoms with E-state index in [1.807, 2.05) is 25.2 Å². The van der Waals surface area contributed by atoms with Crippen LogP contribution in [0.15, 0.2) is 54.7 Å². The van der Waals surface area contributed by atoms with Crippen LogP contribution in [-0.4, -0.2) is 19.5 Å². The Morgan fingerprint density at radius 1 is 0.962 bits per heavy atom. The molecular weight excluding hydrogens is 355 g/mol. The normalized spacial score (nSPS) is 10.9. The number of hydrogen-bond donors (Lipinski definition) is 2. The number of halogens is 2. The van der Waals surface area contributed by atoms with Crippen LogP contribution in [0.4, 0.5) is 27.7 Å². The minimum atomic E-state index is -0.373. The van der Waals surface area contributed by atoms with Crippen LogP contribution in [0.5, 0.6) is 0 Å². The minimum Gasteiger partial charge on any atom is -0.324 e. The van der Waals surface area contributed by atoms with Gasteiger partial charge in [0.05, 0.1) is 22.6 Å².